The second-order valence-electron chi connectivity index (χ2n) is 4.62. The lowest BCUT2D eigenvalue weighted by atomic mass is 10.2. The van der Waals surface area contributed by atoms with E-state index in [9.17, 15) is 4.79 Å². The Bertz CT molecular complexity index is 798. The summed E-state index contributed by atoms with van der Waals surface area (Å²) in [5.74, 6) is 0.647. The molecule has 1 aromatic carbocycles. The highest BCUT2D eigenvalue weighted by molar-refractivity contribution is 7.13. The minimum atomic E-state index is -0.226. The average molecular weight is 368 g/mol. The quantitative estimate of drug-likeness (QED) is 0.710. The van der Waals surface area contributed by atoms with Gasteiger partial charge in [0.2, 0.25) is 11.8 Å². The highest BCUT2D eigenvalue weighted by atomic mass is 35.5. The molecule has 0 unspecified atom stereocenters. The summed E-state index contributed by atoms with van der Waals surface area (Å²) < 4.78 is 5.53. The van der Waals surface area contributed by atoms with Gasteiger partial charge >= 0.3 is 0 Å². The molecular formula is C15H11Cl2N3O2S. The number of hydrogen-bond donors (Lipinski definition) is 1. The van der Waals surface area contributed by atoms with Crippen molar-refractivity contribution in [3.63, 3.8) is 0 Å². The molecule has 0 saturated carbocycles. The first-order valence-electron chi connectivity index (χ1n) is 6.73. The van der Waals surface area contributed by atoms with Gasteiger partial charge in [0, 0.05) is 12.8 Å². The molecule has 0 aliphatic carbocycles. The second-order valence-corrected chi connectivity index (χ2v) is 6.39. The van der Waals surface area contributed by atoms with E-state index in [0.29, 0.717) is 33.9 Å². The Hall–Kier alpha value is -1.89. The fourth-order valence-electron chi connectivity index (χ4n) is 1.89. The maximum atomic E-state index is 12.0. The van der Waals surface area contributed by atoms with Crippen LogP contribution < -0.4 is 5.32 Å². The number of hydrogen-bond acceptors (Lipinski definition) is 5. The number of nitrogens with one attached hydrogen (secondary N) is 1. The summed E-state index contributed by atoms with van der Waals surface area (Å²) in [5, 5.41) is 13.3. The van der Waals surface area contributed by atoms with Crippen molar-refractivity contribution in [2.75, 3.05) is 5.32 Å². The number of amides is 1. The van der Waals surface area contributed by atoms with Crippen LogP contribution >= 0.6 is 34.5 Å². The number of carbonyl (C=O) groups excluding carboxylic acids is 1. The second kappa shape index (κ2) is 7.12. The van der Waals surface area contributed by atoms with Gasteiger partial charge in [0.1, 0.15) is 0 Å². The van der Waals surface area contributed by atoms with E-state index < -0.39 is 0 Å². The third kappa shape index (κ3) is 3.90. The van der Waals surface area contributed by atoms with Gasteiger partial charge in [-0.15, -0.1) is 21.5 Å². The van der Waals surface area contributed by atoms with E-state index >= 15 is 0 Å². The molecule has 0 aliphatic rings. The number of rotatable bonds is 5. The molecule has 0 bridgehead atoms. The summed E-state index contributed by atoms with van der Waals surface area (Å²) in [5.41, 5.74) is 0.408. The molecule has 23 heavy (non-hydrogen) atoms. The molecule has 2 heterocycles. The lowest BCUT2D eigenvalue weighted by molar-refractivity contribution is -0.116. The van der Waals surface area contributed by atoms with Crippen LogP contribution in [0.5, 0.6) is 0 Å². The van der Waals surface area contributed by atoms with Gasteiger partial charge in [0.25, 0.3) is 5.89 Å². The van der Waals surface area contributed by atoms with Gasteiger partial charge in [-0.2, -0.15) is 0 Å². The fraction of sp³-hybridized carbons (Fsp3) is 0.133. The van der Waals surface area contributed by atoms with Crippen molar-refractivity contribution in [3.05, 3.63) is 51.6 Å². The summed E-state index contributed by atoms with van der Waals surface area (Å²) in [6.07, 6.45) is 0.528. The van der Waals surface area contributed by atoms with Crippen LogP contribution in [0.3, 0.4) is 0 Å². The third-order valence-corrected chi connectivity index (χ3v) is 4.48. The number of aryl methyl sites for hydroxylation is 1. The van der Waals surface area contributed by atoms with Crippen LogP contribution in [0.2, 0.25) is 10.0 Å². The Morgan fingerprint density at radius 1 is 1.17 bits per heavy atom. The van der Waals surface area contributed by atoms with E-state index in [1.807, 2.05) is 17.5 Å². The number of thiophene rings is 1. The number of carbonyl (C=O) groups is 1. The topological polar surface area (TPSA) is 68.0 Å². The van der Waals surface area contributed by atoms with E-state index in [1.54, 1.807) is 18.2 Å². The van der Waals surface area contributed by atoms with E-state index in [4.69, 9.17) is 27.6 Å². The molecule has 0 fully saturated rings. The minimum absolute atomic E-state index is 0.188. The largest absolute Gasteiger partial charge is 0.420 e. The lowest BCUT2D eigenvalue weighted by Gasteiger charge is -2.08. The Labute approximate surface area is 146 Å². The van der Waals surface area contributed by atoms with Gasteiger partial charge in [-0.05, 0) is 23.6 Å². The number of benzene rings is 1. The van der Waals surface area contributed by atoms with Gasteiger partial charge in [-0.3, -0.25) is 4.79 Å². The normalized spacial score (nSPS) is 10.7. The molecule has 0 atom stereocenters. The van der Waals surface area contributed by atoms with Crippen molar-refractivity contribution < 1.29 is 9.21 Å². The van der Waals surface area contributed by atoms with Gasteiger partial charge in [0.05, 0.1) is 20.6 Å². The molecule has 5 nitrogen and oxygen atoms in total. The van der Waals surface area contributed by atoms with Gasteiger partial charge < -0.3 is 9.73 Å². The van der Waals surface area contributed by atoms with E-state index in [1.165, 1.54) is 11.3 Å². The van der Waals surface area contributed by atoms with Gasteiger partial charge in [-0.1, -0.05) is 35.3 Å². The molecule has 3 rings (SSSR count). The number of nitrogens with zero attached hydrogens (tertiary/aromatic N) is 2. The van der Waals surface area contributed by atoms with Gasteiger partial charge in [0.15, 0.2) is 0 Å². The van der Waals surface area contributed by atoms with Crippen molar-refractivity contribution in [3.8, 4) is 10.8 Å². The zero-order valence-corrected chi connectivity index (χ0v) is 14.1. The Morgan fingerprint density at radius 3 is 2.65 bits per heavy atom. The number of para-hydroxylation sites is 1. The van der Waals surface area contributed by atoms with Crippen LogP contribution in [-0.2, 0) is 11.2 Å². The number of anilines is 1. The van der Waals surface area contributed by atoms with Crippen molar-refractivity contribution in [1.29, 1.82) is 0 Å². The molecule has 0 spiro atoms. The predicted octanol–water partition coefficient (Wildman–Crippen LogP) is 4.68. The molecule has 0 aliphatic heterocycles. The molecule has 0 radical (unpaired) electrons. The van der Waals surface area contributed by atoms with E-state index in [-0.39, 0.29) is 12.3 Å². The smallest absolute Gasteiger partial charge is 0.257 e. The first-order chi connectivity index (χ1) is 11.1. The highest BCUT2D eigenvalue weighted by Gasteiger charge is 2.13. The lowest BCUT2D eigenvalue weighted by Crippen LogP contribution is -2.13. The van der Waals surface area contributed by atoms with Crippen molar-refractivity contribution in [2.45, 2.75) is 12.8 Å². The van der Waals surface area contributed by atoms with E-state index in [0.717, 1.165) is 4.88 Å². The molecule has 8 heteroatoms. The Balaban J connectivity index is 1.59. The molecule has 1 amide bonds. The van der Waals surface area contributed by atoms with Gasteiger partial charge in [-0.25, -0.2) is 0 Å². The van der Waals surface area contributed by atoms with Crippen LogP contribution in [0.1, 0.15) is 12.3 Å². The number of halogens is 2. The van der Waals surface area contributed by atoms with Crippen molar-refractivity contribution in [2.24, 2.45) is 0 Å². The van der Waals surface area contributed by atoms with Crippen LogP contribution in [-0.4, -0.2) is 16.1 Å². The predicted molar refractivity (Wildman–Crippen MR) is 91.0 cm³/mol. The monoisotopic (exact) mass is 367 g/mol. The Morgan fingerprint density at radius 2 is 1.96 bits per heavy atom. The molecular weight excluding hydrogens is 357 g/mol. The zero-order chi connectivity index (χ0) is 16.2. The molecule has 3 aromatic rings. The summed E-state index contributed by atoms with van der Waals surface area (Å²) in [7, 11) is 0. The highest BCUT2D eigenvalue weighted by Crippen LogP contribution is 2.30. The maximum Gasteiger partial charge on any atom is 0.257 e. The average Bonchev–Trinajstić information content (AvgIpc) is 3.19. The first kappa shape index (κ1) is 16.0. The maximum absolute atomic E-state index is 12.0. The molecule has 118 valence electrons. The van der Waals surface area contributed by atoms with Crippen LogP contribution in [0.4, 0.5) is 5.69 Å². The van der Waals surface area contributed by atoms with Crippen molar-refractivity contribution in [1.82, 2.24) is 10.2 Å². The fourth-order valence-corrected chi connectivity index (χ4v) is 3.03. The summed E-state index contributed by atoms with van der Waals surface area (Å²) >= 11 is 13.5. The molecule has 2 aromatic heterocycles. The SMILES string of the molecule is O=C(CCc1nnc(-c2cccs2)o1)Nc1c(Cl)cccc1Cl. The Kier molecular flexibility index (Phi) is 4.95. The van der Waals surface area contributed by atoms with Crippen LogP contribution in [0.25, 0.3) is 10.8 Å². The standard InChI is InChI=1S/C15H11Cl2N3O2S/c16-9-3-1-4-10(17)14(9)18-12(21)6-7-13-19-20-15(22-13)11-5-2-8-23-11/h1-5,8H,6-7H2,(H,18,21). The minimum Gasteiger partial charge on any atom is -0.420 e. The third-order valence-electron chi connectivity index (χ3n) is 2.99. The zero-order valence-electron chi connectivity index (χ0n) is 11.8. The van der Waals surface area contributed by atoms with Crippen LogP contribution in [0, 0.1) is 0 Å². The summed E-state index contributed by atoms with van der Waals surface area (Å²) in [4.78, 5) is 12.9. The number of aromatic nitrogens is 2. The van der Waals surface area contributed by atoms with Crippen LogP contribution in [0.15, 0.2) is 40.1 Å². The summed E-state index contributed by atoms with van der Waals surface area (Å²) in [6.45, 7) is 0. The van der Waals surface area contributed by atoms with E-state index in [2.05, 4.69) is 15.5 Å². The molecule has 1 N–H and O–H groups in total. The van der Waals surface area contributed by atoms with Crippen molar-refractivity contribution >= 4 is 46.1 Å². The molecule has 0 saturated heterocycles. The summed E-state index contributed by atoms with van der Waals surface area (Å²) in [6, 6.07) is 8.84. The first-order valence-corrected chi connectivity index (χ1v) is 8.37.